The lowest BCUT2D eigenvalue weighted by molar-refractivity contribution is -0.560. The fraction of sp³-hybridized carbons (Fsp3) is 0.409. The van der Waals surface area contributed by atoms with Gasteiger partial charge in [-0.25, -0.2) is 0 Å². The number of nitrogens with two attached hydrogens (primary N) is 2. The topological polar surface area (TPSA) is 123 Å². The summed E-state index contributed by atoms with van der Waals surface area (Å²) >= 11 is 0. The van der Waals surface area contributed by atoms with E-state index < -0.39 is 12.1 Å². The Morgan fingerprint density at radius 1 is 1.20 bits per heavy atom. The second-order valence-electron chi connectivity index (χ2n) is 7.65. The number of guanidine groups is 1. The van der Waals surface area contributed by atoms with Crippen molar-refractivity contribution in [3.05, 3.63) is 42.3 Å². The molecule has 1 aromatic heterocycles. The molecule has 2 aromatic carbocycles. The molecule has 0 amide bonds. The van der Waals surface area contributed by atoms with Crippen LogP contribution in [0.5, 0.6) is 5.75 Å². The van der Waals surface area contributed by atoms with E-state index >= 15 is 0 Å². The number of benzene rings is 2. The number of ether oxygens (including phenoxy) is 1. The van der Waals surface area contributed by atoms with E-state index in [1.807, 2.05) is 36.4 Å². The Kier molecular flexibility index (Phi) is 5.85. The maximum atomic E-state index is 10.3. The molecule has 158 valence electrons. The van der Waals surface area contributed by atoms with Crippen LogP contribution in [0.25, 0.3) is 22.2 Å². The van der Waals surface area contributed by atoms with Gasteiger partial charge in [0, 0.05) is 12.0 Å². The first-order valence-electron chi connectivity index (χ1n) is 10.4. The van der Waals surface area contributed by atoms with Gasteiger partial charge in [-0.1, -0.05) is 43.1 Å². The molecule has 0 spiro atoms. The molecule has 1 saturated heterocycles. The fourth-order valence-electron chi connectivity index (χ4n) is 3.83. The second kappa shape index (κ2) is 8.71. The lowest BCUT2D eigenvalue weighted by Gasteiger charge is -2.10. The zero-order valence-corrected chi connectivity index (χ0v) is 17.1. The number of hydrogen-bond acceptors (Lipinski definition) is 5. The Hall–Kier alpha value is -3.13. The van der Waals surface area contributed by atoms with Crippen molar-refractivity contribution in [3.8, 4) is 17.1 Å². The molecule has 0 saturated carbocycles. The quantitative estimate of drug-likeness (QED) is 0.311. The minimum absolute atomic E-state index is 0.134. The first-order chi connectivity index (χ1) is 14.6. The highest BCUT2D eigenvalue weighted by atomic mass is 16.5. The van der Waals surface area contributed by atoms with E-state index in [-0.39, 0.29) is 5.96 Å². The number of rotatable bonds is 7. The van der Waals surface area contributed by atoms with Gasteiger partial charge in [0.05, 0.1) is 19.3 Å². The summed E-state index contributed by atoms with van der Waals surface area (Å²) in [5.74, 6) is 1.77. The standard InChI is InChI=1S/C22H27N5O3/c1-2-3-4-11-29-17-8-7-14-12-16(6-5-15(14)13-17)20-25-21(30-26-20)19-18(28)9-10-27(19)22(23)24/h5-8,12-13,18-19,28H,2-4,9-11H2,1H3,(H3,23,24)/p+1/t18-,19-/m0/s1. The average Bonchev–Trinajstić information content (AvgIpc) is 3.37. The van der Waals surface area contributed by atoms with Crippen LogP contribution in [0.4, 0.5) is 0 Å². The fourth-order valence-corrected chi connectivity index (χ4v) is 3.83. The molecule has 0 unspecified atom stereocenters. The van der Waals surface area contributed by atoms with Crippen molar-refractivity contribution < 1.29 is 18.9 Å². The third kappa shape index (κ3) is 4.09. The first kappa shape index (κ1) is 20.2. The van der Waals surface area contributed by atoms with Crippen molar-refractivity contribution in [1.29, 1.82) is 0 Å². The van der Waals surface area contributed by atoms with Gasteiger partial charge in [0.25, 0.3) is 5.89 Å². The summed E-state index contributed by atoms with van der Waals surface area (Å²) in [6.07, 6.45) is 3.30. The second-order valence-corrected chi connectivity index (χ2v) is 7.65. The number of aliphatic hydroxyl groups is 1. The first-order valence-corrected chi connectivity index (χ1v) is 10.4. The van der Waals surface area contributed by atoms with Crippen LogP contribution >= 0.6 is 0 Å². The SMILES string of the molecule is CCCCCOc1ccc2cc(-c3noc([C@@H]4[C@@H](O)CC[N+]4=C(N)N)n3)ccc2c1. The Morgan fingerprint density at radius 2 is 2.00 bits per heavy atom. The van der Waals surface area contributed by atoms with Crippen LogP contribution in [0.2, 0.25) is 0 Å². The number of unbranched alkanes of at least 4 members (excludes halogenated alkanes) is 2. The lowest BCUT2D eigenvalue weighted by Crippen LogP contribution is -2.37. The van der Waals surface area contributed by atoms with Crippen LogP contribution in [0.15, 0.2) is 40.9 Å². The molecular weight excluding hydrogens is 382 g/mol. The Balaban J connectivity index is 1.55. The average molecular weight is 410 g/mol. The summed E-state index contributed by atoms with van der Waals surface area (Å²) < 4.78 is 13.0. The zero-order valence-electron chi connectivity index (χ0n) is 17.1. The van der Waals surface area contributed by atoms with Crippen LogP contribution in [-0.4, -0.2) is 45.0 Å². The smallest absolute Gasteiger partial charge is 0.341 e. The van der Waals surface area contributed by atoms with Gasteiger partial charge in [-0.2, -0.15) is 4.98 Å². The molecule has 4 rings (SSSR count). The largest absolute Gasteiger partial charge is 0.494 e. The zero-order chi connectivity index (χ0) is 21.1. The van der Waals surface area contributed by atoms with Crippen LogP contribution in [0.1, 0.15) is 44.5 Å². The van der Waals surface area contributed by atoms with Crippen LogP contribution < -0.4 is 16.2 Å². The van der Waals surface area contributed by atoms with Crippen molar-refractivity contribution in [1.82, 2.24) is 10.1 Å². The Bertz CT molecular complexity index is 1060. The predicted molar refractivity (Wildman–Crippen MR) is 114 cm³/mol. The summed E-state index contributed by atoms with van der Waals surface area (Å²) in [5, 5.41) is 16.5. The highest BCUT2D eigenvalue weighted by molar-refractivity contribution is 5.87. The molecule has 8 nitrogen and oxygen atoms in total. The molecular formula is C22H28N5O3+. The molecule has 1 fully saturated rings. The van der Waals surface area contributed by atoms with Gasteiger partial charge in [-0.15, -0.1) is 0 Å². The molecule has 2 heterocycles. The maximum Gasteiger partial charge on any atom is 0.341 e. The van der Waals surface area contributed by atoms with Gasteiger partial charge >= 0.3 is 5.96 Å². The normalized spacial score (nSPS) is 18.8. The molecule has 5 N–H and O–H groups in total. The molecule has 0 aliphatic carbocycles. The van der Waals surface area contributed by atoms with Gasteiger partial charge in [0.15, 0.2) is 6.04 Å². The Morgan fingerprint density at radius 3 is 2.80 bits per heavy atom. The molecule has 30 heavy (non-hydrogen) atoms. The van der Waals surface area contributed by atoms with Crippen molar-refractivity contribution in [3.63, 3.8) is 0 Å². The molecule has 8 heteroatoms. The minimum Gasteiger partial charge on any atom is -0.494 e. The van der Waals surface area contributed by atoms with E-state index in [0.717, 1.165) is 35.1 Å². The number of aromatic nitrogens is 2. The number of nitrogens with zero attached hydrogens (tertiary/aromatic N) is 3. The minimum atomic E-state index is -0.659. The third-order valence-electron chi connectivity index (χ3n) is 5.48. The third-order valence-corrected chi connectivity index (χ3v) is 5.48. The molecule has 2 atom stereocenters. The molecule has 0 bridgehead atoms. The molecule has 1 aliphatic heterocycles. The van der Waals surface area contributed by atoms with E-state index in [2.05, 4.69) is 17.1 Å². The number of aliphatic hydroxyl groups excluding tert-OH is 1. The lowest BCUT2D eigenvalue weighted by atomic mass is 10.1. The summed E-state index contributed by atoms with van der Waals surface area (Å²) in [6, 6.07) is 11.5. The maximum absolute atomic E-state index is 10.3. The van der Waals surface area contributed by atoms with Crippen molar-refractivity contribution in [2.75, 3.05) is 13.2 Å². The van der Waals surface area contributed by atoms with Gasteiger partial charge in [0.2, 0.25) is 5.82 Å². The highest BCUT2D eigenvalue weighted by Crippen LogP contribution is 2.30. The number of hydrogen-bond donors (Lipinski definition) is 3. The van der Waals surface area contributed by atoms with Gasteiger partial charge in [-0.05, 0) is 35.4 Å². The van der Waals surface area contributed by atoms with Crippen LogP contribution in [0, 0.1) is 0 Å². The van der Waals surface area contributed by atoms with E-state index in [9.17, 15) is 5.11 Å². The van der Waals surface area contributed by atoms with Crippen LogP contribution in [-0.2, 0) is 0 Å². The summed E-state index contributed by atoms with van der Waals surface area (Å²) in [6.45, 7) is 3.46. The summed E-state index contributed by atoms with van der Waals surface area (Å²) in [7, 11) is 0. The predicted octanol–water partition coefficient (Wildman–Crippen LogP) is 2.55. The number of fused-ring (bicyclic) bond motifs is 1. The summed E-state index contributed by atoms with van der Waals surface area (Å²) in [4.78, 5) is 4.50. The van der Waals surface area contributed by atoms with E-state index in [4.69, 9.17) is 20.7 Å². The van der Waals surface area contributed by atoms with Crippen molar-refractivity contribution >= 4 is 16.7 Å². The van der Waals surface area contributed by atoms with Gasteiger partial charge < -0.3 is 14.4 Å². The van der Waals surface area contributed by atoms with Gasteiger partial charge in [0.1, 0.15) is 5.75 Å². The molecule has 1 aliphatic rings. The highest BCUT2D eigenvalue weighted by Gasteiger charge is 2.39. The van der Waals surface area contributed by atoms with E-state index in [0.29, 0.717) is 24.7 Å². The van der Waals surface area contributed by atoms with Gasteiger partial charge in [-0.3, -0.25) is 16.0 Å². The van der Waals surface area contributed by atoms with E-state index in [1.54, 1.807) is 4.58 Å². The van der Waals surface area contributed by atoms with Crippen molar-refractivity contribution in [2.24, 2.45) is 11.5 Å². The monoisotopic (exact) mass is 410 g/mol. The summed E-state index contributed by atoms with van der Waals surface area (Å²) in [5.41, 5.74) is 12.3. The van der Waals surface area contributed by atoms with Crippen molar-refractivity contribution in [2.45, 2.75) is 44.8 Å². The van der Waals surface area contributed by atoms with Crippen LogP contribution in [0.3, 0.4) is 0 Å². The Labute approximate surface area is 175 Å². The molecule has 3 aromatic rings. The molecule has 0 radical (unpaired) electrons. The van der Waals surface area contributed by atoms with E-state index in [1.165, 1.54) is 12.8 Å².